The van der Waals surface area contributed by atoms with Crippen LogP contribution < -0.4 is 15.1 Å². The molecule has 3 rings (SSSR count). The summed E-state index contributed by atoms with van der Waals surface area (Å²) in [5.74, 6) is 1.54. The Labute approximate surface area is 147 Å². The lowest BCUT2D eigenvalue weighted by Crippen LogP contribution is -2.37. The van der Waals surface area contributed by atoms with Crippen molar-refractivity contribution in [1.82, 2.24) is 15.3 Å². The minimum absolute atomic E-state index is 0.123. The molecule has 1 aliphatic heterocycles. The molecule has 0 unspecified atom stereocenters. The molecule has 0 radical (unpaired) electrons. The fraction of sp³-hybridized carbons (Fsp3) is 0.389. The summed E-state index contributed by atoms with van der Waals surface area (Å²) in [5.41, 5.74) is 1.59. The third kappa shape index (κ3) is 4.24. The fourth-order valence-electron chi connectivity index (χ4n) is 2.71. The number of nitrogens with one attached hydrogen (secondary N) is 1. The summed E-state index contributed by atoms with van der Waals surface area (Å²) in [5, 5.41) is 2.98. The Hall–Kier alpha value is -2.67. The highest BCUT2D eigenvalue weighted by atomic mass is 16.5. The van der Waals surface area contributed by atoms with Crippen LogP contribution in [-0.2, 0) is 11.3 Å². The molecule has 1 aliphatic rings. The van der Waals surface area contributed by atoms with Crippen LogP contribution >= 0.6 is 0 Å². The number of anilines is 2. The number of carbonyl (C=O) groups excluding carboxylic acids is 1. The maximum Gasteiger partial charge on any atom is 0.251 e. The fourth-order valence-corrected chi connectivity index (χ4v) is 2.71. The molecule has 0 spiro atoms. The van der Waals surface area contributed by atoms with Crippen molar-refractivity contribution in [3.63, 3.8) is 0 Å². The van der Waals surface area contributed by atoms with Crippen molar-refractivity contribution in [3.8, 4) is 0 Å². The molecule has 25 heavy (non-hydrogen) atoms. The van der Waals surface area contributed by atoms with Crippen molar-refractivity contribution in [3.05, 3.63) is 47.8 Å². The van der Waals surface area contributed by atoms with Crippen LogP contribution in [0.2, 0.25) is 0 Å². The Morgan fingerprint density at radius 1 is 1.24 bits per heavy atom. The number of pyridine rings is 2. The van der Waals surface area contributed by atoms with Gasteiger partial charge < -0.3 is 19.9 Å². The lowest BCUT2D eigenvalue weighted by Gasteiger charge is -2.29. The number of ether oxygens (including phenoxy) is 1. The summed E-state index contributed by atoms with van der Waals surface area (Å²) in [6.45, 7) is 3.46. The van der Waals surface area contributed by atoms with Crippen LogP contribution in [0.3, 0.4) is 0 Å². The van der Waals surface area contributed by atoms with E-state index in [-0.39, 0.29) is 5.91 Å². The molecule has 0 aliphatic carbocycles. The average molecular weight is 341 g/mol. The maximum absolute atomic E-state index is 12.5. The van der Waals surface area contributed by atoms with Gasteiger partial charge in [0.1, 0.15) is 11.6 Å². The Morgan fingerprint density at radius 2 is 2.04 bits per heavy atom. The van der Waals surface area contributed by atoms with Crippen LogP contribution in [0.1, 0.15) is 15.9 Å². The number of nitrogens with zero attached hydrogens (tertiary/aromatic N) is 4. The predicted molar refractivity (Wildman–Crippen MR) is 97.0 cm³/mol. The molecule has 1 amide bonds. The number of hydrogen-bond donors (Lipinski definition) is 1. The number of hydrogen-bond acceptors (Lipinski definition) is 6. The van der Waals surface area contributed by atoms with Crippen molar-refractivity contribution in [1.29, 1.82) is 0 Å². The lowest BCUT2D eigenvalue weighted by molar-refractivity contribution is 0.0950. The maximum atomic E-state index is 12.5. The molecule has 2 aromatic rings. The number of aromatic nitrogens is 2. The number of amides is 1. The van der Waals surface area contributed by atoms with Gasteiger partial charge in [0.15, 0.2) is 0 Å². The summed E-state index contributed by atoms with van der Waals surface area (Å²) in [4.78, 5) is 25.3. The summed E-state index contributed by atoms with van der Waals surface area (Å²) < 4.78 is 5.40. The van der Waals surface area contributed by atoms with Gasteiger partial charge in [-0.15, -0.1) is 0 Å². The zero-order valence-electron chi connectivity index (χ0n) is 14.6. The van der Waals surface area contributed by atoms with E-state index in [1.165, 1.54) is 0 Å². The van der Waals surface area contributed by atoms with Gasteiger partial charge in [-0.05, 0) is 18.2 Å². The first-order valence-corrected chi connectivity index (χ1v) is 8.33. The Bertz CT molecular complexity index is 729. The molecule has 1 fully saturated rings. The van der Waals surface area contributed by atoms with E-state index < -0.39 is 0 Å². The molecule has 1 saturated heterocycles. The minimum Gasteiger partial charge on any atom is -0.378 e. The van der Waals surface area contributed by atoms with Gasteiger partial charge in [-0.1, -0.05) is 6.07 Å². The third-order valence-electron chi connectivity index (χ3n) is 4.08. The van der Waals surface area contributed by atoms with Crippen LogP contribution in [-0.4, -0.2) is 56.3 Å². The molecular weight excluding hydrogens is 318 g/mol. The van der Waals surface area contributed by atoms with Gasteiger partial charge >= 0.3 is 0 Å². The van der Waals surface area contributed by atoms with E-state index in [9.17, 15) is 4.79 Å². The molecule has 2 aromatic heterocycles. The monoisotopic (exact) mass is 341 g/mol. The quantitative estimate of drug-likeness (QED) is 0.884. The number of carbonyl (C=O) groups is 1. The highest BCUT2D eigenvalue weighted by molar-refractivity contribution is 5.94. The van der Waals surface area contributed by atoms with E-state index in [4.69, 9.17) is 4.74 Å². The van der Waals surface area contributed by atoms with E-state index in [0.29, 0.717) is 25.3 Å². The van der Waals surface area contributed by atoms with E-state index in [2.05, 4.69) is 20.2 Å². The lowest BCUT2D eigenvalue weighted by atomic mass is 10.2. The Balaban J connectivity index is 1.69. The number of rotatable bonds is 5. The van der Waals surface area contributed by atoms with Gasteiger partial charge in [-0.3, -0.25) is 4.79 Å². The standard InChI is InChI=1S/C18H23N5O2/c1-22(2)16-12-14(5-7-19-16)18(24)21-13-15-4-3-6-20-17(15)23-8-10-25-11-9-23/h3-7,12H,8-11,13H2,1-2H3,(H,21,24). The Kier molecular flexibility index (Phi) is 5.45. The van der Waals surface area contributed by atoms with Crippen LogP contribution in [0.5, 0.6) is 0 Å². The van der Waals surface area contributed by atoms with Crippen molar-refractivity contribution in [2.24, 2.45) is 0 Å². The van der Waals surface area contributed by atoms with Crippen molar-refractivity contribution >= 4 is 17.5 Å². The smallest absolute Gasteiger partial charge is 0.251 e. The highest BCUT2D eigenvalue weighted by Gasteiger charge is 2.16. The summed E-state index contributed by atoms with van der Waals surface area (Å²) in [7, 11) is 3.79. The van der Waals surface area contributed by atoms with Gasteiger partial charge in [0.25, 0.3) is 5.91 Å². The molecule has 7 nitrogen and oxygen atoms in total. The average Bonchev–Trinajstić information content (AvgIpc) is 2.67. The largest absolute Gasteiger partial charge is 0.378 e. The second-order valence-corrected chi connectivity index (χ2v) is 6.07. The van der Waals surface area contributed by atoms with Crippen molar-refractivity contribution in [2.45, 2.75) is 6.54 Å². The summed E-state index contributed by atoms with van der Waals surface area (Å²) in [6, 6.07) is 7.38. The minimum atomic E-state index is -0.123. The first-order chi connectivity index (χ1) is 12.1. The van der Waals surface area contributed by atoms with Crippen LogP contribution in [0, 0.1) is 0 Å². The summed E-state index contributed by atoms with van der Waals surface area (Å²) in [6.07, 6.45) is 3.43. The molecule has 0 aromatic carbocycles. The van der Waals surface area contributed by atoms with Crippen molar-refractivity contribution in [2.75, 3.05) is 50.2 Å². The first kappa shape index (κ1) is 17.2. The topological polar surface area (TPSA) is 70.6 Å². The van der Waals surface area contributed by atoms with Crippen LogP contribution in [0.4, 0.5) is 11.6 Å². The molecule has 132 valence electrons. The first-order valence-electron chi connectivity index (χ1n) is 8.33. The van der Waals surface area contributed by atoms with E-state index in [0.717, 1.165) is 30.3 Å². The van der Waals surface area contributed by atoms with E-state index in [1.807, 2.05) is 31.1 Å². The van der Waals surface area contributed by atoms with E-state index >= 15 is 0 Å². The molecule has 3 heterocycles. The molecule has 0 atom stereocenters. The third-order valence-corrected chi connectivity index (χ3v) is 4.08. The molecule has 0 saturated carbocycles. The van der Waals surface area contributed by atoms with Gasteiger partial charge in [0.05, 0.1) is 13.2 Å². The van der Waals surface area contributed by atoms with Gasteiger partial charge in [0.2, 0.25) is 0 Å². The van der Waals surface area contributed by atoms with Gasteiger partial charge in [0, 0.05) is 57.3 Å². The van der Waals surface area contributed by atoms with E-state index in [1.54, 1.807) is 24.5 Å². The normalized spacial score (nSPS) is 14.2. The SMILES string of the molecule is CN(C)c1cc(C(=O)NCc2cccnc2N2CCOCC2)ccn1. The van der Waals surface area contributed by atoms with Crippen LogP contribution in [0.15, 0.2) is 36.7 Å². The van der Waals surface area contributed by atoms with Gasteiger partial charge in [-0.2, -0.15) is 0 Å². The summed E-state index contributed by atoms with van der Waals surface area (Å²) >= 11 is 0. The van der Waals surface area contributed by atoms with Crippen LogP contribution in [0.25, 0.3) is 0 Å². The van der Waals surface area contributed by atoms with Crippen molar-refractivity contribution < 1.29 is 9.53 Å². The molecular formula is C18H23N5O2. The molecule has 1 N–H and O–H groups in total. The molecule has 7 heteroatoms. The highest BCUT2D eigenvalue weighted by Crippen LogP contribution is 2.18. The van der Waals surface area contributed by atoms with Gasteiger partial charge in [-0.25, -0.2) is 9.97 Å². The molecule has 0 bridgehead atoms. The number of morpholine rings is 1. The Morgan fingerprint density at radius 3 is 2.80 bits per heavy atom. The predicted octanol–water partition coefficient (Wildman–Crippen LogP) is 1.31. The second kappa shape index (κ2) is 7.94. The second-order valence-electron chi connectivity index (χ2n) is 6.07. The zero-order valence-corrected chi connectivity index (χ0v) is 14.6. The zero-order chi connectivity index (χ0) is 17.6.